The van der Waals surface area contributed by atoms with Crippen molar-refractivity contribution in [2.45, 2.75) is 50.6 Å². The van der Waals surface area contributed by atoms with E-state index in [-0.39, 0.29) is 18.6 Å². The first-order valence-electron chi connectivity index (χ1n) is 12.4. The van der Waals surface area contributed by atoms with E-state index in [9.17, 15) is 9.59 Å². The molecule has 3 unspecified atom stereocenters. The first-order valence-corrected chi connectivity index (χ1v) is 12.4. The molecule has 34 heavy (non-hydrogen) atoms. The summed E-state index contributed by atoms with van der Waals surface area (Å²) in [5.41, 5.74) is 2.29. The van der Waals surface area contributed by atoms with Crippen molar-refractivity contribution < 1.29 is 19.1 Å². The van der Waals surface area contributed by atoms with Gasteiger partial charge in [-0.25, -0.2) is 0 Å². The fraction of sp³-hybridized carbons (Fsp3) is 0.481. The Kier molecular flexibility index (Phi) is 6.46. The van der Waals surface area contributed by atoms with E-state index >= 15 is 0 Å². The van der Waals surface area contributed by atoms with E-state index in [1.807, 2.05) is 47.4 Å². The van der Waals surface area contributed by atoms with Crippen LogP contribution in [-0.4, -0.2) is 61.1 Å². The zero-order valence-electron chi connectivity index (χ0n) is 20.0. The third kappa shape index (κ3) is 4.13. The van der Waals surface area contributed by atoms with Crippen molar-refractivity contribution in [1.29, 1.82) is 0 Å². The molecule has 2 aromatic carbocycles. The number of ether oxygens (including phenoxy) is 2. The molecule has 0 saturated carbocycles. The lowest BCUT2D eigenvalue weighted by Gasteiger charge is -2.42. The summed E-state index contributed by atoms with van der Waals surface area (Å²) >= 11 is 0. The summed E-state index contributed by atoms with van der Waals surface area (Å²) in [6.45, 7) is 4.56. The largest absolute Gasteiger partial charge is 0.454 e. The van der Waals surface area contributed by atoms with E-state index in [0.717, 1.165) is 30.5 Å². The number of hydrogen-bond acceptors (Lipinski definition) is 5. The van der Waals surface area contributed by atoms with Crippen LogP contribution in [-0.2, 0) is 4.79 Å². The van der Waals surface area contributed by atoms with E-state index < -0.39 is 12.0 Å². The van der Waals surface area contributed by atoms with Crippen molar-refractivity contribution in [3.05, 3.63) is 59.2 Å². The molecule has 2 aromatic rings. The summed E-state index contributed by atoms with van der Waals surface area (Å²) in [5.74, 6) is 0.780. The van der Waals surface area contributed by atoms with Crippen LogP contribution in [0.15, 0.2) is 42.5 Å². The molecule has 1 fully saturated rings. The van der Waals surface area contributed by atoms with Crippen molar-refractivity contribution in [2.75, 3.05) is 33.5 Å². The maximum atomic E-state index is 13.8. The molecule has 7 heteroatoms. The van der Waals surface area contributed by atoms with Crippen LogP contribution in [0.5, 0.6) is 11.5 Å². The van der Waals surface area contributed by atoms with Gasteiger partial charge in [-0.3, -0.25) is 9.59 Å². The van der Waals surface area contributed by atoms with E-state index in [1.165, 1.54) is 12.8 Å². The number of nitrogens with zero attached hydrogens (tertiary/aromatic N) is 2. The number of benzene rings is 2. The van der Waals surface area contributed by atoms with Gasteiger partial charge in [-0.1, -0.05) is 31.2 Å². The van der Waals surface area contributed by atoms with Crippen LogP contribution in [0.2, 0.25) is 0 Å². The van der Waals surface area contributed by atoms with Gasteiger partial charge in [-0.2, -0.15) is 0 Å². The van der Waals surface area contributed by atoms with Crippen molar-refractivity contribution >= 4 is 11.8 Å². The first-order chi connectivity index (χ1) is 16.6. The number of rotatable bonds is 7. The Morgan fingerprint density at radius 2 is 1.97 bits per heavy atom. The predicted octanol–water partition coefficient (Wildman–Crippen LogP) is 3.71. The Hall–Kier alpha value is -3.06. The van der Waals surface area contributed by atoms with Crippen molar-refractivity contribution in [1.82, 2.24) is 15.1 Å². The van der Waals surface area contributed by atoms with Gasteiger partial charge < -0.3 is 24.6 Å². The summed E-state index contributed by atoms with van der Waals surface area (Å²) in [7, 11) is 2.15. The minimum atomic E-state index is -0.498. The molecule has 5 rings (SSSR count). The number of carbonyl (C=O) groups excluding carboxylic acids is 2. The average molecular weight is 464 g/mol. The highest BCUT2D eigenvalue weighted by atomic mass is 16.7. The Balaban J connectivity index is 1.48. The first kappa shape index (κ1) is 22.7. The van der Waals surface area contributed by atoms with Crippen LogP contribution >= 0.6 is 0 Å². The van der Waals surface area contributed by atoms with E-state index in [0.29, 0.717) is 36.2 Å². The van der Waals surface area contributed by atoms with Gasteiger partial charge in [0.15, 0.2) is 11.5 Å². The van der Waals surface area contributed by atoms with Crippen molar-refractivity contribution in [3.8, 4) is 11.5 Å². The normalized spacial score (nSPS) is 23.8. The third-order valence-electron chi connectivity index (χ3n) is 7.37. The lowest BCUT2D eigenvalue weighted by Crippen LogP contribution is -2.48. The molecule has 1 N–H and O–H groups in total. The molecule has 1 saturated heterocycles. The van der Waals surface area contributed by atoms with Crippen LogP contribution in [0.4, 0.5) is 0 Å². The highest BCUT2D eigenvalue weighted by Gasteiger charge is 2.44. The lowest BCUT2D eigenvalue weighted by molar-refractivity contribution is -0.124. The number of hydrogen-bond donors (Lipinski definition) is 1. The van der Waals surface area contributed by atoms with Gasteiger partial charge in [0.05, 0.1) is 12.0 Å². The maximum absolute atomic E-state index is 13.8. The molecule has 0 spiro atoms. The maximum Gasteiger partial charge on any atom is 0.254 e. The zero-order valence-corrected chi connectivity index (χ0v) is 20.0. The second-order valence-corrected chi connectivity index (χ2v) is 9.48. The van der Waals surface area contributed by atoms with Crippen molar-refractivity contribution in [2.24, 2.45) is 0 Å². The lowest BCUT2D eigenvalue weighted by atomic mass is 9.79. The molecule has 0 aliphatic carbocycles. The Labute approximate surface area is 201 Å². The summed E-state index contributed by atoms with van der Waals surface area (Å²) in [5, 5.41) is 3.21. The fourth-order valence-corrected chi connectivity index (χ4v) is 5.65. The second-order valence-electron chi connectivity index (χ2n) is 9.48. The molecule has 7 nitrogen and oxygen atoms in total. The fourth-order valence-electron chi connectivity index (χ4n) is 5.65. The third-order valence-corrected chi connectivity index (χ3v) is 7.37. The minimum Gasteiger partial charge on any atom is -0.454 e. The molecule has 0 aromatic heterocycles. The highest BCUT2D eigenvalue weighted by molar-refractivity contribution is 6.01. The molecule has 3 atom stereocenters. The molecule has 180 valence electrons. The van der Waals surface area contributed by atoms with E-state index in [1.54, 1.807) is 0 Å². The molecule has 2 amide bonds. The van der Waals surface area contributed by atoms with Crippen LogP contribution in [0.25, 0.3) is 0 Å². The topological polar surface area (TPSA) is 71.1 Å². The van der Waals surface area contributed by atoms with Crippen LogP contribution in [0, 0.1) is 0 Å². The molecular formula is C27H33N3O4. The van der Waals surface area contributed by atoms with Crippen LogP contribution in [0.1, 0.15) is 66.1 Å². The standard InChI is InChI=1S/C27H33N3O4/c1-3-14-30-25(18-10-11-22-23(16-18)34-17-33-22)24(20-8-4-5-9-21(20)27(30)32)26(31)28-13-12-19-7-6-15-29(19)2/h4-5,8-11,16,19,24-25H,3,6-7,12-15,17H2,1-2H3,(H,28,31). The van der Waals surface area contributed by atoms with Gasteiger partial charge in [0.1, 0.15) is 0 Å². The zero-order chi connectivity index (χ0) is 23.7. The molecule has 3 heterocycles. The quantitative estimate of drug-likeness (QED) is 0.678. The van der Waals surface area contributed by atoms with Gasteiger partial charge in [0.2, 0.25) is 12.7 Å². The van der Waals surface area contributed by atoms with Gasteiger partial charge in [0.25, 0.3) is 5.91 Å². The molecule has 0 radical (unpaired) electrons. The summed E-state index contributed by atoms with van der Waals surface area (Å²) < 4.78 is 11.1. The number of carbonyl (C=O) groups is 2. The number of nitrogens with one attached hydrogen (secondary N) is 1. The number of likely N-dealkylation sites (tertiary alicyclic amines) is 1. The molecular weight excluding hydrogens is 430 g/mol. The smallest absolute Gasteiger partial charge is 0.254 e. The summed E-state index contributed by atoms with van der Waals surface area (Å²) in [6.07, 6.45) is 4.13. The summed E-state index contributed by atoms with van der Waals surface area (Å²) in [6, 6.07) is 13.4. The van der Waals surface area contributed by atoms with Gasteiger partial charge in [0, 0.05) is 24.7 Å². The van der Waals surface area contributed by atoms with Crippen molar-refractivity contribution in [3.63, 3.8) is 0 Å². The van der Waals surface area contributed by atoms with Gasteiger partial charge in [-0.15, -0.1) is 0 Å². The second kappa shape index (κ2) is 9.66. The highest BCUT2D eigenvalue weighted by Crippen LogP contribution is 2.45. The van der Waals surface area contributed by atoms with E-state index in [4.69, 9.17) is 9.47 Å². The molecule has 0 bridgehead atoms. The Morgan fingerprint density at radius 3 is 2.76 bits per heavy atom. The van der Waals surface area contributed by atoms with Crippen LogP contribution < -0.4 is 14.8 Å². The van der Waals surface area contributed by atoms with E-state index in [2.05, 4.69) is 24.2 Å². The predicted molar refractivity (Wildman–Crippen MR) is 129 cm³/mol. The molecule has 3 aliphatic heterocycles. The Morgan fingerprint density at radius 1 is 1.15 bits per heavy atom. The summed E-state index contributed by atoms with van der Waals surface area (Å²) in [4.78, 5) is 31.6. The van der Waals surface area contributed by atoms with Gasteiger partial charge in [-0.05, 0) is 68.6 Å². The SMILES string of the molecule is CCCN1C(=O)c2ccccc2C(C(=O)NCCC2CCCN2C)C1c1ccc2c(c1)OCO2. The minimum absolute atomic E-state index is 0.0308. The van der Waals surface area contributed by atoms with Gasteiger partial charge >= 0.3 is 0 Å². The molecule has 3 aliphatic rings. The number of fused-ring (bicyclic) bond motifs is 2. The monoisotopic (exact) mass is 463 g/mol. The average Bonchev–Trinajstić information content (AvgIpc) is 3.49. The van der Waals surface area contributed by atoms with Crippen LogP contribution in [0.3, 0.4) is 0 Å². The number of amides is 2. The Bertz CT molecular complexity index is 1070.